The standard InChI is InChI=1S/C13H15NO/c1-4-10-9(2)5-6-12-11(10)7-8-14-13(12)15-3/h5-8H,4H2,1-3H3. The summed E-state index contributed by atoms with van der Waals surface area (Å²) in [5.41, 5.74) is 2.71. The first-order chi connectivity index (χ1) is 7.27. The molecule has 0 saturated carbocycles. The minimum absolute atomic E-state index is 0.710. The number of aryl methyl sites for hydroxylation is 2. The predicted octanol–water partition coefficient (Wildman–Crippen LogP) is 3.11. The van der Waals surface area contributed by atoms with Crippen molar-refractivity contribution in [3.63, 3.8) is 0 Å². The van der Waals surface area contributed by atoms with Crippen LogP contribution in [0, 0.1) is 6.92 Å². The number of rotatable bonds is 2. The van der Waals surface area contributed by atoms with Gasteiger partial charge in [-0.3, -0.25) is 0 Å². The highest BCUT2D eigenvalue weighted by Gasteiger charge is 2.07. The van der Waals surface area contributed by atoms with Gasteiger partial charge >= 0.3 is 0 Å². The summed E-state index contributed by atoms with van der Waals surface area (Å²) in [5.74, 6) is 0.710. The summed E-state index contributed by atoms with van der Waals surface area (Å²) in [6.07, 6.45) is 2.84. The lowest BCUT2D eigenvalue weighted by Gasteiger charge is -2.10. The fourth-order valence-corrected chi connectivity index (χ4v) is 2.03. The number of aromatic nitrogens is 1. The zero-order chi connectivity index (χ0) is 10.8. The second-order valence-corrected chi connectivity index (χ2v) is 3.63. The normalized spacial score (nSPS) is 10.6. The summed E-state index contributed by atoms with van der Waals surface area (Å²) < 4.78 is 5.26. The number of benzene rings is 1. The van der Waals surface area contributed by atoms with Crippen molar-refractivity contribution < 1.29 is 4.74 Å². The zero-order valence-corrected chi connectivity index (χ0v) is 9.37. The Morgan fingerprint density at radius 2 is 2.00 bits per heavy atom. The fraction of sp³-hybridized carbons (Fsp3) is 0.308. The molecule has 1 aromatic carbocycles. The Balaban J connectivity index is 2.82. The number of methoxy groups -OCH3 is 1. The molecule has 1 aromatic heterocycles. The number of nitrogens with zero attached hydrogens (tertiary/aromatic N) is 1. The minimum atomic E-state index is 0.710. The van der Waals surface area contributed by atoms with Crippen LogP contribution in [0.15, 0.2) is 24.4 Å². The third kappa shape index (κ3) is 1.56. The van der Waals surface area contributed by atoms with Crippen LogP contribution in [-0.4, -0.2) is 12.1 Å². The van der Waals surface area contributed by atoms with E-state index in [2.05, 4.69) is 37.0 Å². The first kappa shape index (κ1) is 9.97. The van der Waals surface area contributed by atoms with Crippen molar-refractivity contribution in [1.29, 1.82) is 0 Å². The number of hydrogen-bond acceptors (Lipinski definition) is 2. The van der Waals surface area contributed by atoms with E-state index in [1.54, 1.807) is 13.3 Å². The van der Waals surface area contributed by atoms with E-state index in [4.69, 9.17) is 4.74 Å². The Bertz CT molecular complexity index is 491. The lowest BCUT2D eigenvalue weighted by Crippen LogP contribution is -1.93. The summed E-state index contributed by atoms with van der Waals surface area (Å²) in [5, 5.41) is 2.35. The van der Waals surface area contributed by atoms with E-state index in [-0.39, 0.29) is 0 Å². The molecule has 2 aromatic rings. The molecular formula is C13H15NO. The SMILES string of the molecule is CCc1c(C)ccc2c(OC)nccc12. The predicted molar refractivity (Wildman–Crippen MR) is 62.4 cm³/mol. The van der Waals surface area contributed by atoms with Gasteiger partial charge in [-0.25, -0.2) is 4.98 Å². The smallest absolute Gasteiger partial charge is 0.221 e. The summed E-state index contributed by atoms with van der Waals surface area (Å²) >= 11 is 0. The van der Waals surface area contributed by atoms with Gasteiger partial charge in [0.05, 0.1) is 7.11 Å². The number of pyridine rings is 1. The molecule has 78 valence electrons. The van der Waals surface area contributed by atoms with E-state index in [0.717, 1.165) is 11.8 Å². The molecule has 0 atom stereocenters. The van der Waals surface area contributed by atoms with Crippen LogP contribution in [0.2, 0.25) is 0 Å². The molecule has 0 aliphatic rings. The summed E-state index contributed by atoms with van der Waals surface area (Å²) in [4.78, 5) is 4.21. The second kappa shape index (κ2) is 3.89. The zero-order valence-electron chi connectivity index (χ0n) is 9.37. The molecule has 0 saturated heterocycles. The van der Waals surface area contributed by atoms with E-state index in [0.29, 0.717) is 5.88 Å². The van der Waals surface area contributed by atoms with E-state index in [1.807, 2.05) is 0 Å². The van der Waals surface area contributed by atoms with E-state index in [1.165, 1.54) is 16.5 Å². The maximum atomic E-state index is 5.26. The molecule has 0 bridgehead atoms. The molecule has 0 aliphatic carbocycles. The van der Waals surface area contributed by atoms with Gasteiger partial charge in [0.25, 0.3) is 0 Å². The molecule has 2 nitrogen and oxygen atoms in total. The van der Waals surface area contributed by atoms with Gasteiger partial charge in [0, 0.05) is 11.6 Å². The molecule has 0 fully saturated rings. The molecule has 2 heteroatoms. The first-order valence-corrected chi connectivity index (χ1v) is 5.19. The largest absolute Gasteiger partial charge is 0.481 e. The average Bonchev–Trinajstić information content (AvgIpc) is 2.28. The Kier molecular flexibility index (Phi) is 2.58. The highest BCUT2D eigenvalue weighted by Crippen LogP contribution is 2.27. The Hall–Kier alpha value is -1.57. The van der Waals surface area contributed by atoms with Gasteiger partial charge in [0.1, 0.15) is 0 Å². The molecule has 0 radical (unpaired) electrons. The maximum Gasteiger partial charge on any atom is 0.221 e. The highest BCUT2D eigenvalue weighted by molar-refractivity contribution is 5.90. The molecule has 0 spiro atoms. The van der Waals surface area contributed by atoms with Gasteiger partial charge in [-0.1, -0.05) is 13.0 Å². The third-order valence-corrected chi connectivity index (χ3v) is 2.80. The maximum absolute atomic E-state index is 5.26. The average molecular weight is 201 g/mol. The third-order valence-electron chi connectivity index (χ3n) is 2.80. The molecule has 0 unspecified atom stereocenters. The summed E-state index contributed by atoms with van der Waals surface area (Å²) in [7, 11) is 1.66. The summed E-state index contributed by atoms with van der Waals surface area (Å²) in [6, 6.07) is 6.27. The minimum Gasteiger partial charge on any atom is -0.481 e. The van der Waals surface area contributed by atoms with Crippen molar-refractivity contribution in [2.45, 2.75) is 20.3 Å². The number of ether oxygens (including phenoxy) is 1. The van der Waals surface area contributed by atoms with E-state index >= 15 is 0 Å². The van der Waals surface area contributed by atoms with Crippen molar-refractivity contribution >= 4 is 10.8 Å². The van der Waals surface area contributed by atoms with Crippen LogP contribution < -0.4 is 4.74 Å². The van der Waals surface area contributed by atoms with Crippen molar-refractivity contribution in [1.82, 2.24) is 4.98 Å². The van der Waals surface area contributed by atoms with Crippen LogP contribution in [0.5, 0.6) is 5.88 Å². The molecule has 0 N–H and O–H groups in total. The van der Waals surface area contributed by atoms with Crippen LogP contribution in [-0.2, 0) is 6.42 Å². The van der Waals surface area contributed by atoms with Crippen LogP contribution >= 0.6 is 0 Å². The molecule has 15 heavy (non-hydrogen) atoms. The van der Waals surface area contributed by atoms with Crippen LogP contribution in [0.1, 0.15) is 18.1 Å². The topological polar surface area (TPSA) is 22.1 Å². The molecule has 1 heterocycles. The fourth-order valence-electron chi connectivity index (χ4n) is 2.03. The van der Waals surface area contributed by atoms with Gasteiger partial charge in [-0.15, -0.1) is 0 Å². The van der Waals surface area contributed by atoms with Crippen molar-refractivity contribution in [2.75, 3.05) is 7.11 Å². The first-order valence-electron chi connectivity index (χ1n) is 5.19. The van der Waals surface area contributed by atoms with Gasteiger partial charge < -0.3 is 4.74 Å². The van der Waals surface area contributed by atoms with Gasteiger partial charge in [0.2, 0.25) is 5.88 Å². The molecular weight excluding hydrogens is 186 g/mol. The monoisotopic (exact) mass is 201 g/mol. The van der Waals surface area contributed by atoms with E-state index in [9.17, 15) is 0 Å². The highest BCUT2D eigenvalue weighted by atomic mass is 16.5. The number of hydrogen-bond donors (Lipinski definition) is 0. The Morgan fingerprint density at radius 3 is 2.67 bits per heavy atom. The molecule has 2 rings (SSSR count). The van der Waals surface area contributed by atoms with Crippen molar-refractivity contribution in [3.05, 3.63) is 35.5 Å². The van der Waals surface area contributed by atoms with Crippen LogP contribution in [0.3, 0.4) is 0 Å². The van der Waals surface area contributed by atoms with Gasteiger partial charge in [-0.2, -0.15) is 0 Å². The Morgan fingerprint density at radius 1 is 1.20 bits per heavy atom. The lowest BCUT2D eigenvalue weighted by atomic mass is 9.99. The number of fused-ring (bicyclic) bond motifs is 1. The Labute approximate surface area is 89.9 Å². The molecule has 0 amide bonds. The quantitative estimate of drug-likeness (QED) is 0.744. The second-order valence-electron chi connectivity index (χ2n) is 3.63. The van der Waals surface area contributed by atoms with Crippen LogP contribution in [0.4, 0.5) is 0 Å². The summed E-state index contributed by atoms with van der Waals surface area (Å²) in [6.45, 7) is 4.32. The van der Waals surface area contributed by atoms with Crippen LogP contribution in [0.25, 0.3) is 10.8 Å². The lowest BCUT2D eigenvalue weighted by molar-refractivity contribution is 0.403. The molecule has 0 aliphatic heterocycles. The van der Waals surface area contributed by atoms with Crippen molar-refractivity contribution in [3.8, 4) is 5.88 Å². The van der Waals surface area contributed by atoms with Gasteiger partial charge in [-0.05, 0) is 42.0 Å². The van der Waals surface area contributed by atoms with Crippen molar-refractivity contribution in [2.24, 2.45) is 0 Å². The van der Waals surface area contributed by atoms with Gasteiger partial charge in [0.15, 0.2) is 0 Å². The van der Waals surface area contributed by atoms with E-state index < -0.39 is 0 Å².